The molecular weight excluding hydrogens is 353 g/mol. The van der Waals surface area contributed by atoms with Crippen molar-refractivity contribution in [2.75, 3.05) is 32.7 Å². The van der Waals surface area contributed by atoms with Crippen LogP contribution in [0.4, 0.5) is 4.39 Å². The highest BCUT2D eigenvalue weighted by Crippen LogP contribution is 2.22. The van der Waals surface area contributed by atoms with E-state index in [1.54, 1.807) is 12.1 Å². The van der Waals surface area contributed by atoms with Crippen LogP contribution in [0.5, 0.6) is 0 Å². The first-order chi connectivity index (χ1) is 13.7. The molecule has 0 spiro atoms. The van der Waals surface area contributed by atoms with Crippen LogP contribution in [0.25, 0.3) is 0 Å². The van der Waals surface area contributed by atoms with Crippen molar-refractivity contribution >= 4 is 5.91 Å². The maximum Gasteiger partial charge on any atom is 0.240 e. The fourth-order valence-electron chi connectivity index (χ4n) is 4.34. The number of nitrogens with zero attached hydrogens (tertiary/aromatic N) is 3. The lowest BCUT2D eigenvalue weighted by molar-refractivity contribution is -0.138. The minimum Gasteiger partial charge on any atom is -0.339 e. The SMILES string of the molecule is O=C([C@@H]1CCCN1Cc1ccccc1)N1CCN(Cc2cccc(F)c2)CC1. The van der Waals surface area contributed by atoms with Gasteiger partial charge in [-0.15, -0.1) is 0 Å². The number of hydrogen-bond donors (Lipinski definition) is 0. The molecule has 0 radical (unpaired) electrons. The van der Waals surface area contributed by atoms with E-state index < -0.39 is 0 Å². The molecule has 0 unspecified atom stereocenters. The molecule has 2 aromatic rings. The molecule has 4 nitrogen and oxygen atoms in total. The molecule has 4 rings (SSSR count). The van der Waals surface area contributed by atoms with E-state index in [0.29, 0.717) is 0 Å². The maximum absolute atomic E-state index is 13.4. The van der Waals surface area contributed by atoms with Crippen molar-refractivity contribution in [2.45, 2.75) is 32.0 Å². The second-order valence-electron chi connectivity index (χ2n) is 7.85. The highest BCUT2D eigenvalue weighted by Gasteiger charge is 2.34. The molecule has 2 aliphatic heterocycles. The Balaban J connectivity index is 1.30. The Labute approximate surface area is 166 Å². The van der Waals surface area contributed by atoms with Crippen LogP contribution < -0.4 is 0 Å². The number of amides is 1. The second-order valence-corrected chi connectivity index (χ2v) is 7.85. The Kier molecular flexibility index (Phi) is 6.03. The minimum absolute atomic E-state index is 0.00924. The molecule has 2 aromatic carbocycles. The van der Waals surface area contributed by atoms with Gasteiger partial charge in [-0.05, 0) is 42.6 Å². The fraction of sp³-hybridized carbons (Fsp3) is 0.435. The highest BCUT2D eigenvalue weighted by atomic mass is 19.1. The average Bonchev–Trinajstić information content (AvgIpc) is 3.17. The van der Waals surface area contributed by atoms with Gasteiger partial charge in [0, 0.05) is 39.3 Å². The van der Waals surface area contributed by atoms with Crippen LogP contribution in [-0.4, -0.2) is 59.4 Å². The molecule has 2 fully saturated rings. The molecule has 2 heterocycles. The normalized spacial score (nSPS) is 21.2. The number of likely N-dealkylation sites (tertiary alicyclic amines) is 1. The Hall–Kier alpha value is -2.24. The molecule has 0 aromatic heterocycles. The summed E-state index contributed by atoms with van der Waals surface area (Å²) in [6, 6.07) is 17.2. The molecule has 2 aliphatic rings. The molecule has 1 amide bonds. The summed E-state index contributed by atoms with van der Waals surface area (Å²) in [4.78, 5) is 19.8. The smallest absolute Gasteiger partial charge is 0.240 e. The van der Waals surface area contributed by atoms with Gasteiger partial charge >= 0.3 is 0 Å². The monoisotopic (exact) mass is 381 g/mol. The number of piperazine rings is 1. The van der Waals surface area contributed by atoms with Gasteiger partial charge in [-0.25, -0.2) is 4.39 Å². The summed E-state index contributed by atoms with van der Waals surface area (Å²) in [5.74, 6) is 0.0879. The van der Waals surface area contributed by atoms with Gasteiger partial charge in [-0.1, -0.05) is 42.5 Å². The summed E-state index contributed by atoms with van der Waals surface area (Å²) in [5.41, 5.74) is 2.26. The average molecular weight is 381 g/mol. The van der Waals surface area contributed by atoms with Crippen molar-refractivity contribution in [1.82, 2.24) is 14.7 Å². The lowest BCUT2D eigenvalue weighted by Gasteiger charge is -2.37. The Morgan fingerprint density at radius 2 is 1.64 bits per heavy atom. The van der Waals surface area contributed by atoms with Crippen molar-refractivity contribution in [3.63, 3.8) is 0 Å². The quantitative estimate of drug-likeness (QED) is 0.796. The first-order valence-corrected chi connectivity index (χ1v) is 10.2. The van der Waals surface area contributed by atoms with Gasteiger partial charge in [0.05, 0.1) is 6.04 Å². The molecule has 148 valence electrons. The van der Waals surface area contributed by atoms with Gasteiger partial charge in [0.2, 0.25) is 5.91 Å². The van der Waals surface area contributed by atoms with E-state index in [1.165, 1.54) is 11.6 Å². The van der Waals surface area contributed by atoms with E-state index in [4.69, 9.17) is 0 Å². The number of carbonyl (C=O) groups excluding carboxylic acids is 1. The minimum atomic E-state index is -0.189. The molecule has 0 N–H and O–H groups in total. The largest absolute Gasteiger partial charge is 0.339 e. The van der Waals surface area contributed by atoms with E-state index >= 15 is 0 Å². The van der Waals surface area contributed by atoms with Crippen LogP contribution in [-0.2, 0) is 17.9 Å². The predicted octanol–water partition coefficient (Wildman–Crippen LogP) is 3.13. The van der Waals surface area contributed by atoms with Crippen LogP contribution in [0.3, 0.4) is 0 Å². The Morgan fingerprint density at radius 1 is 0.893 bits per heavy atom. The second kappa shape index (κ2) is 8.84. The van der Waals surface area contributed by atoms with Gasteiger partial charge < -0.3 is 4.90 Å². The van der Waals surface area contributed by atoms with Crippen molar-refractivity contribution in [3.05, 3.63) is 71.5 Å². The maximum atomic E-state index is 13.4. The van der Waals surface area contributed by atoms with Crippen LogP contribution in [0.15, 0.2) is 54.6 Å². The zero-order chi connectivity index (χ0) is 19.3. The van der Waals surface area contributed by atoms with E-state index in [-0.39, 0.29) is 17.8 Å². The van der Waals surface area contributed by atoms with Crippen molar-refractivity contribution in [3.8, 4) is 0 Å². The molecule has 1 atom stereocenters. The van der Waals surface area contributed by atoms with Crippen LogP contribution in [0.2, 0.25) is 0 Å². The summed E-state index contributed by atoms with van der Waals surface area (Å²) >= 11 is 0. The standard InChI is InChI=1S/C23H28FN3O/c24-21-9-4-8-20(16-21)17-25-12-14-26(15-13-25)23(28)22-10-5-11-27(22)18-19-6-2-1-3-7-19/h1-4,6-9,16,22H,5,10-15,17-18H2/t22-/m0/s1. The molecule has 5 heteroatoms. The van der Waals surface area contributed by atoms with E-state index in [1.807, 2.05) is 17.0 Å². The number of hydrogen-bond acceptors (Lipinski definition) is 3. The summed E-state index contributed by atoms with van der Waals surface area (Å²) < 4.78 is 13.4. The van der Waals surface area contributed by atoms with E-state index in [9.17, 15) is 9.18 Å². The van der Waals surface area contributed by atoms with Gasteiger partial charge in [-0.2, -0.15) is 0 Å². The molecule has 0 bridgehead atoms. The summed E-state index contributed by atoms with van der Waals surface area (Å²) in [7, 11) is 0. The van der Waals surface area contributed by atoms with Crippen molar-refractivity contribution < 1.29 is 9.18 Å². The Morgan fingerprint density at radius 3 is 2.39 bits per heavy atom. The van der Waals surface area contributed by atoms with Crippen LogP contribution >= 0.6 is 0 Å². The fourth-order valence-corrected chi connectivity index (χ4v) is 4.34. The summed E-state index contributed by atoms with van der Waals surface area (Å²) in [6.07, 6.45) is 2.04. The topological polar surface area (TPSA) is 26.8 Å². The lowest BCUT2D eigenvalue weighted by Crippen LogP contribution is -2.53. The lowest BCUT2D eigenvalue weighted by atomic mass is 10.1. The molecule has 0 aliphatic carbocycles. The van der Waals surface area contributed by atoms with Gasteiger partial charge in [0.15, 0.2) is 0 Å². The zero-order valence-corrected chi connectivity index (χ0v) is 16.3. The van der Waals surface area contributed by atoms with Crippen LogP contribution in [0, 0.1) is 5.82 Å². The summed E-state index contributed by atoms with van der Waals surface area (Å²) in [6.45, 7) is 5.76. The zero-order valence-electron chi connectivity index (χ0n) is 16.3. The first kappa shape index (κ1) is 19.1. The number of rotatable bonds is 5. The van der Waals surface area contributed by atoms with E-state index in [2.05, 4.69) is 34.1 Å². The highest BCUT2D eigenvalue weighted by molar-refractivity contribution is 5.82. The van der Waals surface area contributed by atoms with Gasteiger partial charge in [-0.3, -0.25) is 14.6 Å². The predicted molar refractivity (Wildman–Crippen MR) is 108 cm³/mol. The van der Waals surface area contributed by atoms with Gasteiger partial charge in [0.25, 0.3) is 0 Å². The molecule has 2 saturated heterocycles. The van der Waals surface area contributed by atoms with Crippen LogP contribution in [0.1, 0.15) is 24.0 Å². The Bertz CT molecular complexity index is 789. The van der Waals surface area contributed by atoms with E-state index in [0.717, 1.165) is 64.2 Å². The third-order valence-corrected chi connectivity index (χ3v) is 5.86. The van der Waals surface area contributed by atoms with Gasteiger partial charge in [0.1, 0.15) is 5.82 Å². The first-order valence-electron chi connectivity index (χ1n) is 10.2. The third-order valence-electron chi connectivity index (χ3n) is 5.86. The molecule has 0 saturated carbocycles. The number of halogens is 1. The number of benzene rings is 2. The van der Waals surface area contributed by atoms with Crippen molar-refractivity contribution in [1.29, 1.82) is 0 Å². The molecule has 28 heavy (non-hydrogen) atoms. The van der Waals surface area contributed by atoms with Crippen molar-refractivity contribution in [2.24, 2.45) is 0 Å². The molecular formula is C23H28FN3O. The summed E-state index contributed by atoms with van der Waals surface area (Å²) in [5, 5.41) is 0. The number of carbonyl (C=O) groups is 1. The third kappa shape index (κ3) is 4.59.